The summed E-state index contributed by atoms with van der Waals surface area (Å²) >= 11 is 6.30. The van der Waals surface area contributed by atoms with Crippen LogP contribution in [0.3, 0.4) is 0 Å². The molecule has 5 nitrogen and oxygen atoms in total. The van der Waals surface area contributed by atoms with Crippen molar-refractivity contribution in [2.75, 3.05) is 13.6 Å². The second-order valence-corrected chi connectivity index (χ2v) is 6.73. The van der Waals surface area contributed by atoms with Crippen molar-refractivity contribution in [3.8, 4) is 0 Å². The lowest BCUT2D eigenvalue weighted by atomic mass is 10.2. The molecule has 0 spiro atoms. The fourth-order valence-corrected chi connectivity index (χ4v) is 3.67. The number of hydrogen-bond acceptors (Lipinski definition) is 4. The number of ketones is 1. The first-order valence-corrected chi connectivity index (χ1v) is 8.83. The highest BCUT2D eigenvalue weighted by Gasteiger charge is 2.33. The van der Waals surface area contributed by atoms with Crippen molar-refractivity contribution in [2.45, 2.75) is 6.54 Å². The Morgan fingerprint density at radius 2 is 1.88 bits per heavy atom. The first-order valence-electron chi connectivity index (χ1n) is 8.45. The Balaban J connectivity index is 1.79. The number of nitrogens with one attached hydrogen (secondary N) is 1. The maximum absolute atomic E-state index is 12.8. The summed E-state index contributed by atoms with van der Waals surface area (Å²) in [5.41, 5.74) is 3.49. The molecule has 1 N–H and O–H groups in total. The Bertz CT molecular complexity index is 1040. The van der Waals surface area contributed by atoms with E-state index in [0.717, 1.165) is 22.4 Å². The molecule has 2 aromatic carbocycles. The normalized spacial score (nSPS) is 14.6. The standard InChI is InChI=1S/C20H19ClN4O/c1-22-19-18(20-23-15-9-5-6-10-16(15)24(20)2)17(26)12-25(19)11-13-7-3-4-8-14(13)21/h3-10,22H,11-12H2,1-2H3. The number of benzene rings is 2. The molecule has 0 amide bonds. The number of carbonyl (C=O) groups excluding carboxylic acids is 1. The number of aromatic nitrogens is 2. The number of aryl methyl sites for hydroxylation is 1. The third-order valence-electron chi connectivity index (χ3n) is 4.73. The van der Waals surface area contributed by atoms with Crippen LogP contribution >= 0.6 is 11.6 Å². The Morgan fingerprint density at radius 3 is 2.62 bits per heavy atom. The molecule has 4 rings (SSSR count). The average Bonchev–Trinajstić information content (AvgIpc) is 3.13. The lowest BCUT2D eigenvalue weighted by Gasteiger charge is -2.22. The van der Waals surface area contributed by atoms with E-state index < -0.39 is 0 Å². The van der Waals surface area contributed by atoms with Crippen molar-refractivity contribution in [1.82, 2.24) is 19.8 Å². The highest BCUT2D eigenvalue weighted by molar-refractivity contribution is 6.31. The fourth-order valence-electron chi connectivity index (χ4n) is 3.47. The van der Waals surface area contributed by atoms with Crippen molar-refractivity contribution in [2.24, 2.45) is 7.05 Å². The van der Waals surface area contributed by atoms with E-state index in [1.54, 1.807) is 0 Å². The van der Waals surface area contributed by atoms with Gasteiger partial charge in [0.2, 0.25) is 0 Å². The van der Waals surface area contributed by atoms with Crippen LogP contribution in [0.5, 0.6) is 0 Å². The molecule has 0 radical (unpaired) electrons. The molecule has 26 heavy (non-hydrogen) atoms. The Hall–Kier alpha value is -2.79. The largest absolute Gasteiger partial charge is 0.374 e. The molecule has 0 saturated carbocycles. The van der Waals surface area contributed by atoms with Crippen LogP contribution in [0.2, 0.25) is 5.02 Å². The highest BCUT2D eigenvalue weighted by atomic mass is 35.5. The van der Waals surface area contributed by atoms with Gasteiger partial charge < -0.3 is 14.8 Å². The lowest BCUT2D eigenvalue weighted by molar-refractivity contribution is -0.113. The van der Waals surface area contributed by atoms with Gasteiger partial charge in [-0.05, 0) is 23.8 Å². The first-order chi connectivity index (χ1) is 12.6. The van der Waals surface area contributed by atoms with Crippen molar-refractivity contribution >= 4 is 34.0 Å². The number of nitrogens with zero attached hydrogens (tertiary/aromatic N) is 3. The fraction of sp³-hybridized carbons (Fsp3) is 0.200. The summed E-state index contributed by atoms with van der Waals surface area (Å²) in [5, 5.41) is 3.89. The number of halogens is 1. The van der Waals surface area contributed by atoms with E-state index in [4.69, 9.17) is 16.6 Å². The van der Waals surface area contributed by atoms with Gasteiger partial charge in [-0.1, -0.05) is 41.9 Å². The minimum Gasteiger partial charge on any atom is -0.374 e. The van der Waals surface area contributed by atoms with Gasteiger partial charge in [-0.3, -0.25) is 4.79 Å². The zero-order valence-corrected chi connectivity index (χ0v) is 15.4. The molecule has 2 heterocycles. The van der Waals surface area contributed by atoms with Gasteiger partial charge in [-0.15, -0.1) is 0 Å². The summed E-state index contributed by atoms with van der Waals surface area (Å²) in [7, 11) is 3.77. The van der Waals surface area contributed by atoms with E-state index in [9.17, 15) is 4.79 Å². The zero-order valence-electron chi connectivity index (χ0n) is 14.7. The second kappa shape index (κ2) is 6.50. The summed E-state index contributed by atoms with van der Waals surface area (Å²) in [6, 6.07) is 15.6. The summed E-state index contributed by atoms with van der Waals surface area (Å²) in [6.07, 6.45) is 0. The molecule has 0 fully saturated rings. The van der Waals surface area contributed by atoms with Gasteiger partial charge in [0.1, 0.15) is 17.2 Å². The summed E-state index contributed by atoms with van der Waals surface area (Å²) in [4.78, 5) is 19.5. The Labute approximate surface area is 156 Å². The third-order valence-corrected chi connectivity index (χ3v) is 5.10. The molecule has 0 unspecified atom stereocenters. The van der Waals surface area contributed by atoms with E-state index in [2.05, 4.69) is 5.32 Å². The molecule has 0 saturated heterocycles. The van der Waals surface area contributed by atoms with Gasteiger partial charge in [-0.2, -0.15) is 0 Å². The van der Waals surface area contributed by atoms with Gasteiger partial charge in [0.05, 0.1) is 17.6 Å². The van der Waals surface area contributed by atoms with Crippen LogP contribution < -0.4 is 5.32 Å². The van der Waals surface area contributed by atoms with Gasteiger partial charge in [0, 0.05) is 25.7 Å². The molecule has 3 aromatic rings. The number of para-hydroxylation sites is 2. The molecular weight excluding hydrogens is 348 g/mol. The molecule has 0 bridgehead atoms. The van der Waals surface area contributed by atoms with Crippen LogP contribution in [0.15, 0.2) is 54.4 Å². The van der Waals surface area contributed by atoms with E-state index in [0.29, 0.717) is 29.5 Å². The van der Waals surface area contributed by atoms with E-state index in [1.807, 2.05) is 72.1 Å². The number of imidazole rings is 1. The minimum atomic E-state index is 0.0554. The van der Waals surface area contributed by atoms with Crippen LogP contribution in [-0.2, 0) is 18.4 Å². The molecule has 0 atom stereocenters. The van der Waals surface area contributed by atoms with Crippen molar-refractivity contribution in [3.63, 3.8) is 0 Å². The summed E-state index contributed by atoms with van der Waals surface area (Å²) in [6.45, 7) is 0.870. The lowest BCUT2D eigenvalue weighted by Crippen LogP contribution is -2.27. The molecule has 1 aliphatic rings. The van der Waals surface area contributed by atoms with Gasteiger partial charge in [0.15, 0.2) is 5.78 Å². The van der Waals surface area contributed by atoms with Gasteiger partial charge in [0.25, 0.3) is 0 Å². The van der Waals surface area contributed by atoms with Crippen LogP contribution in [0.1, 0.15) is 11.4 Å². The predicted molar refractivity (Wildman–Crippen MR) is 104 cm³/mol. The van der Waals surface area contributed by atoms with Gasteiger partial charge in [-0.25, -0.2) is 4.98 Å². The van der Waals surface area contributed by atoms with Crippen LogP contribution in [0.4, 0.5) is 0 Å². The number of carbonyl (C=O) groups is 1. The zero-order chi connectivity index (χ0) is 18.3. The van der Waals surface area contributed by atoms with E-state index >= 15 is 0 Å². The number of Topliss-reactive ketones (excluding diaryl/α,β-unsaturated/α-hetero) is 1. The highest BCUT2D eigenvalue weighted by Crippen LogP contribution is 2.30. The average molecular weight is 367 g/mol. The smallest absolute Gasteiger partial charge is 0.189 e. The maximum Gasteiger partial charge on any atom is 0.189 e. The quantitative estimate of drug-likeness (QED) is 0.770. The molecular formula is C20H19ClN4O. The Kier molecular flexibility index (Phi) is 4.17. The molecule has 6 heteroatoms. The van der Waals surface area contributed by atoms with Crippen molar-refractivity contribution in [1.29, 1.82) is 0 Å². The van der Waals surface area contributed by atoms with Crippen LogP contribution in [-0.4, -0.2) is 33.8 Å². The van der Waals surface area contributed by atoms with Crippen LogP contribution in [0.25, 0.3) is 16.6 Å². The first kappa shape index (κ1) is 16.7. The topological polar surface area (TPSA) is 50.2 Å². The summed E-state index contributed by atoms with van der Waals surface area (Å²) in [5.74, 6) is 1.52. The number of rotatable bonds is 4. The predicted octanol–water partition coefficient (Wildman–Crippen LogP) is 3.20. The SMILES string of the molecule is CNC1=C(c2nc3ccccc3n2C)C(=O)CN1Cc1ccccc1Cl. The van der Waals surface area contributed by atoms with Crippen molar-refractivity contribution < 1.29 is 4.79 Å². The maximum atomic E-state index is 12.8. The van der Waals surface area contributed by atoms with Gasteiger partial charge >= 0.3 is 0 Å². The summed E-state index contributed by atoms with van der Waals surface area (Å²) < 4.78 is 1.97. The number of hydrogen-bond donors (Lipinski definition) is 1. The Morgan fingerprint density at radius 1 is 1.15 bits per heavy atom. The second-order valence-electron chi connectivity index (χ2n) is 6.33. The third kappa shape index (κ3) is 2.65. The minimum absolute atomic E-state index is 0.0554. The molecule has 0 aliphatic carbocycles. The van der Waals surface area contributed by atoms with Crippen molar-refractivity contribution in [3.05, 3.63) is 70.8 Å². The molecule has 1 aliphatic heterocycles. The van der Waals surface area contributed by atoms with E-state index in [-0.39, 0.29) is 5.78 Å². The molecule has 132 valence electrons. The van der Waals surface area contributed by atoms with Crippen LogP contribution in [0, 0.1) is 0 Å². The molecule has 1 aromatic heterocycles. The monoisotopic (exact) mass is 366 g/mol. The number of fused-ring (bicyclic) bond motifs is 1. The van der Waals surface area contributed by atoms with E-state index in [1.165, 1.54) is 0 Å².